The average Bonchev–Trinajstić information content (AvgIpc) is 3.21. The maximum Gasteiger partial charge on any atom is 0.163 e. The third kappa shape index (κ3) is 4.19. The molecule has 26 heavy (non-hydrogen) atoms. The minimum absolute atomic E-state index is 0.354. The van der Waals surface area contributed by atoms with E-state index in [1.54, 1.807) is 6.20 Å². The first-order valence-corrected chi connectivity index (χ1v) is 9.48. The van der Waals surface area contributed by atoms with Crippen LogP contribution in [-0.4, -0.2) is 54.0 Å². The van der Waals surface area contributed by atoms with E-state index in [1.807, 2.05) is 25.3 Å². The van der Waals surface area contributed by atoms with Gasteiger partial charge < -0.3 is 14.4 Å². The number of hydrogen-bond donors (Lipinski definition) is 0. The molecule has 0 N–H and O–H groups in total. The fourth-order valence-corrected chi connectivity index (χ4v) is 3.58. The smallest absolute Gasteiger partial charge is 0.163 e. The largest absolute Gasteiger partial charge is 0.381 e. The van der Waals surface area contributed by atoms with Crippen molar-refractivity contribution in [3.8, 4) is 11.4 Å². The second kappa shape index (κ2) is 8.10. The molecule has 1 atom stereocenters. The Morgan fingerprint density at radius 3 is 2.85 bits per heavy atom. The molecule has 4 rings (SSSR count). The van der Waals surface area contributed by atoms with Crippen LogP contribution in [0.25, 0.3) is 11.4 Å². The van der Waals surface area contributed by atoms with E-state index in [4.69, 9.17) is 14.5 Å². The molecule has 6 heteroatoms. The van der Waals surface area contributed by atoms with Crippen LogP contribution in [0.2, 0.25) is 0 Å². The number of rotatable bonds is 5. The normalized spacial score (nSPS) is 21.3. The molecule has 0 aliphatic carbocycles. The predicted molar refractivity (Wildman–Crippen MR) is 100 cm³/mol. The third-order valence-corrected chi connectivity index (χ3v) is 5.12. The van der Waals surface area contributed by atoms with Gasteiger partial charge >= 0.3 is 0 Å². The van der Waals surface area contributed by atoms with Crippen LogP contribution in [0.3, 0.4) is 0 Å². The van der Waals surface area contributed by atoms with E-state index in [0.29, 0.717) is 12.0 Å². The van der Waals surface area contributed by atoms with Crippen molar-refractivity contribution in [1.29, 1.82) is 0 Å². The molecule has 2 fully saturated rings. The number of nitrogens with zero attached hydrogens (tertiary/aromatic N) is 4. The first-order chi connectivity index (χ1) is 12.8. The fraction of sp³-hybridized carbons (Fsp3) is 0.550. The van der Waals surface area contributed by atoms with Gasteiger partial charge in [-0.2, -0.15) is 0 Å². The van der Waals surface area contributed by atoms with E-state index in [1.165, 1.54) is 0 Å². The average molecular weight is 354 g/mol. The summed E-state index contributed by atoms with van der Waals surface area (Å²) in [4.78, 5) is 15.9. The van der Waals surface area contributed by atoms with E-state index >= 15 is 0 Å². The Morgan fingerprint density at radius 2 is 2.12 bits per heavy atom. The van der Waals surface area contributed by atoms with Crippen LogP contribution in [0.5, 0.6) is 0 Å². The summed E-state index contributed by atoms with van der Waals surface area (Å²) in [5.41, 5.74) is 1.93. The fourth-order valence-electron chi connectivity index (χ4n) is 3.58. The van der Waals surface area contributed by atoms with E-state index < -0.39 is 0 Å². The van der Waals surface area contributed by atoms with Crippen LogP contribution < -0.4 is 4.90 Å². The number of anilines is 1. The molecule has 138 valence electrons. The van der Waals surface area contributed by atoms with Gasteiger partial charge in [-0.1, -0.05) is 0 Å². The highest BCUT2D eigenvalue weighted by molar-refractivity contribution is 5.56. The van der Waals surface area contributed by atoms with Gasteiger partial charge in [-0.3, -0.25) is 4.98 Å². The maximum atomic E-state index is 6.12. The molecule has 0 spiro atoms. The highest BCUT2D eigenvalue weighted by Crippen LogP contribution is 2.24. The zero-order valence-corrected chi connectivity index (χ0v) is 15.3. The molecule has 1 unspecified atom stereocenters. The van der Waals surface area contributed by atoms with Crippen molar-refractivity contribution in [3.05, 3.63) is 36.3 Å². The summed E-state index contributed by atoms with van der Waals surface area (Å²) < 4.78 is 11.5. The van der Waals surface area contributed by atoms with Crippen molar-refractivity contribution in [3.63, 3.8) is 0 Å². The number of aromatic nitrogens is 3. The molecular weight excluding hydrogens is 328 g/mol. The van der Waals surface area contributed by atoms with Gasteiger partial charge in [0.1, 0.15) is 5.82 Å². The lowest BCUT2D eigenvalue weighted by atomic mass is 10.1. The Balaban J connectivity index is 1.37. The molecule has 6 nitrogen and oxygen atoms in total. The molecule has 2 aliphatic heterocycles. The zero-order valence-electron chi connectivity index (χ0n) is 15.3. The Bertz CT molecular complexity index is 711. The summed E-state index contributed by atoms with van der Waals surface area (Å²) in [7, 11) is 0. The van der Waals surface area contributed by atoms with Gasteiger partial charge in [0.2, 0.25) is 0 Å². The number of ether oxygens (including phenoxy) is 2. The molecule has 4 heterocycles. The molecule has 0 radical (unpaired) electrons. The summed E-state index contributed by atoms with van der Waals surface area (Å²) in [6.07, 6.45) is 7.15. The molecule has 0 amide bonds. The minimum atomic E-state index is 0.354. The molecule has 2 aromatic rings. The second-order valence-electron chi connectivity index (χ2n) is 7.18. The molecule has 2 aromatic heterocycles. The quantitative estimate of drug-likeness (QED) is 0.823. The molecule has 0 aromatic carbocycles. The zero-order chi connectivity index (χ0) is 17.8. The lowest BCUT2D eigenvalue weighted by Gasteiger charge is -2.33. The highest BCUT2D eigenvalue weighted by atomic mass is 16.5. The molecule has 0 saturated carbocycles. The van der Waals surface area contributed by atoms with E-state index in [2.05, 4.69) is 20.9 Å². The standard InChI is InChI=1S/C20H26N4O2/c1-15-11-19(23-20(22-15)17-3-2-7-21-12-17)24-8-4-18(5-9-24)26-14-16-6-10-25-13-16/h2-3,7,11-12,16,18H,4-6,8-10,13-14H2,1H3. The van der Waals surface area contributed by atoms with Gasteiger partial charge in [-0.15, -0.1) is 0 Å². The molecular formula is C20H26N4O2. The van der Waals surface area contributed by atoms with Gasteiger partial charge in [-0.05, 0) is 38.3 Å². The van der Waals surface area contributed by atoms with Gasteiger partial charge in [0.15, 0.2) is 5.82 Å². The van der Waals surface area contributed by atoms with Gasteiger partial charge in [0.05, 0.1) is 19.3 Å². The Kier molecular flexibility index (Phi) is 5.41. The van der Waals surface area contributed by atoms with Crippen molar-refractivity contribution in [2.24, 2.45) is 5.92 Å². The first kappa shape index (κ1) is 17.4. The third-order valence-electron chi connectivity index (χ3n) is 5.12. The van der Waals surface area contributed by atoms with E-state index in [9.17, 15) is 0 Å². The van der Waals surface area contributed by atoms with Crippen LogP contribution in [0, 0.1) is 12.8 Å². The summed E-state index contributed by atoms with van der Waals surface area (Å²) in [5, 5.41) is 0. The van der Waals surface area contributed by atoms with E-state index in [0.717, 1.165) is 75.1 Å². The minimum Gasteiger partial charge on any atom is -0.381 e. The number of hydrogen-bond acceptors (Lipinski definition) is 6. The van der Waals surface area contributed by atoms with Crippen LogP contribution in [0.1, 0.15) is 25.0 Å². The lowest BCUT2D eigenvalue weighted by molar-refractivity contribution is 0.0131. The summed E-state index contributed by atoms with van der Waals surface area (Å²) in [6, 6.07) is 5.98. The van der Waals surface area contributed by atoms with Crippen LogP contribution in [0.4, 0.5) is 5.82 Å². The summed E-state index contributed by atoms with van der Waals surface area (Å²) >= 11 is 0. The van der Waals surface area contributed by atoms with Crippen LogP contribution in [0.15, 0.2) is 30.6 Å². The van der Waals surface area contributed by atoms with Crippen molar-refractivity contribution in [2.75, 3.05) is 37.8 Å². The summed E-state index contributed by atoms with van der Waals surface area (Å²) in [5.74, 6) is 2.33. The van der Waals surface area contributed by atoms with Gasteiger partial charge in [-0.25, -0.2) is 9.97 Å². The van der Waals surface area contributed by atoms with Gasteiger partial charge in [0.25, 0.3) is 0 Å². The first-order valence-electron chi connectivity index (χ1n) is 9.48. The molecule has 2 aliphatic rings. The van der Waals surface area contributed by atoms with Crippen LogP contribution in [-0.2, 0) is 9.47 Å². The Morgan fingerprint density at radius 1 is 1.23 bits per heavy atom. The SMILES string of the molecule is Cc1cc(N2CCC(OCC3CCOC3)CC2)nc(-c2cccnc2)n1. The highest BCUT2D eigenvalue weighted by Gasteiger charge is 2.23. The van der Waals surface area contributed by atoms with Crippen molar-refractivity contribution >= 4 is 5.82 Å². The van der Waals surface area contributed by atoms with Crippen molar-refractivity contribution in [2.45, 2.75) is 32.3 Å². The van der Waals surface area contributed by atoms with Crippen molar-refractivity contribution in [1.82, 2.24) is 15.0 Å². The van der Waals surface area contributed by atoms with Crippen molar-refractivity contribution < 1.29 is 9.47 Å². The Labute approximate surface area is 154 Å². The predicted octanol–water partition coefficient (Wildman–Crippen LogP) is 2.87. The number of aryl methyl sites for hydroxylation is 1. The lowest BCUT2D eigenvalue weighted by Crippen LogP contribution is -2.38. The van der Waals surface area contributed by atoms with Gasteiger partial charge in [0, 0.05) is 55.3 Å². The monoisotopic (exact) mass is 354 g/mol. The van der Waals surface area contributed by atoms with Crippen LogP contribution >= 0.6 is 0 Å². The second-order valence-corrected chi connectivity index (χ2v) is 7.18. The van der Waals surface area contributed by atoms with E-state index in [-0.39, 0.29) is 0 Å². The maximum absolute atomic E-state index is 6.12. The summed E-state index contributed by atoms with van der Waals surface area (Å²) in [6.45, 7) is 6.53. The molecule has 0 bridgehead atoms. The molecule has 2 saturated heterocycles. The number of piperidine rings is 1. The topological polar surface area (TPSA) is 60.4 Å². The Hall–Kier alpha value is -2.05. The number of pyridine rings is 1.